The largest absolute Gasteiger partial charge is 0.503 e. The van der Waals surface area contributed by atoms with Crippen LogP contribution in [-0.2, 0) is 0 Å². The molecule has 0 saturated carbocycles. The molecule has 0 aliphatic rings. The molecule has 1 aromatic rings. The maximum Gasteiger partial charge on any atom is 0.269 e. The zero-order chi connectivity index (χ0) is 9.30. The number of amides is 1. The molecule has 0 radical (unpaired) electrons. The van der Waals surface area contributed by atoms with Crippen molar-refractivity contribution in [3.05, 3.63) is 26.6 Å². The minimum Gasteiger partial charge on any atom is -0.503 e. The number of hydrogen-bond acceptors (Lipinski definition) is 3. The first kappa shape index (κ1) is 8.79. The Labute approximate surface area is 75.3 Å². The fourth-order valence-corrected chi connectivity index (χ4v) is 1.11. The maximum absolute atomic E-state index is 10.9. The summed E-state index contributed by atoms with van der Waals surface area (Å²) in [6.07, 6.45) is 0. The van der Waals surface area contributed by atoms with Crippen LogP contribution < -0.4 is 11.2 Å². The van der Waals surface area contributed by atoms with E-state index in [1.54, 1.807) is 0 Å². The quantitative estimate of drug-likeness (QED) is 0.593. The highest BCUT2D eigenvalue weighted by molar-refractivity contribution is 9.10. The maximum atomic E-state index is 10.9. The van der Waals surface area contributed by atoms with Gasteiger partial charge in [-0.25, -0.2) is 0 Å². The van der Waals surface area contributed by atoms with Gasteiger partial charge < -0.3 is 15.8 Å². The zero-order valence-corrected chi connectivity index (χ0v) is 7.38. The molecule has 0 spiro atoms. The summed E-state index contributed by atoms with van der Waals surface area (Å²) in [5.74, 6) is -1.54. The van der Waals surface area contributed by atoms with Crippen molar-refractivity contribution >= 4 is 21.8 Å². The van der Waals surface area contributed by atoms with E-state index in [0.717, 1.165) is 6.07 Å². The Balaban J connectivity index is 3.48. The first-order valence-corrected chi connectivity index (χ1v) is 3.73. The number of pyridine rings is 1. The lowest BCUT2D eigenvalue weighted by atomic mass is 10.3. The van der Waals surface area contributed by atoms with Gasteiger partial charge in [0.15, 0.2) is 11.4 Å². The predicted molar refractivity (Wildman–Crippen MR) is 44.9 cm³/mol. The average Bonchev–Trinajstić information content (AvgIpc) is 1.96. The lowest BCUT2D eigenvalue weighted by Crippen LogP contribution is -2.17. The van der Waals surface area contributed by atoms with Crippen LogP contribution >= 0.6 is 15.9 Å². The van der Waals surface area contributed by atoms with E-state index in [1.165, 1.54) is 0 Å². The lowest BCUT2D eigenvalue weighted by molar-refractivity contribution is 0.0992. The van der Waals surface area contributed by atoms with Gasteiger partial charge in [-0.3, -0.25) is 9.59 Å². The Morgan fingerprint density at radius 1 is 1.67 bits per heavy atom. The number of aromatic hydroxyl groups is 1. The van der Waals surface area contributed by atoms with Crippen LogP contribution in [0, 0.1) is 0 Å². The van der Waals surface area contributed by atoms with E-state index in [1.807, 2.05) is 0 Å². The van der Waals surface area contributed by atoms with Crippen molar-refractivity contribution < 1.29 is 9.90 Å². The Kier molecular flexibility index (Phi) is 2.18. The summed E-state index contributed by atoms with van der Waals surface area (Å²) >= 11 is 2.94. The van der Waals surface area contributed by atoms with Crippen LogP contribution in [0.2, 0.25) is 0 Å². The van der Waals surface area contributed by atoms with Gasteiger partial charge in [-0.15, -0.1) is 0 Å². The minimum atomic E-state index is -0.883. The van der Waals surface area contributed by atoms with Crippen molar-refractivity contribution in [2.75, 3.05) is 0 Å². The molecule has 0 fully saturated rings. The third-order valence-corrected chi connectivity index (χ3v) is 1.65. The van der Waals surface area contributed by atoms with Gasteiger partial charge in [-0.1, -0.05) is 0 Å². The summed E-state index contributed by atoms with van der Waals surface area (Å²) in [5.41, 5.74) is 3.91. The van der Waals surface area contributed by atoms with E-state index in [0.29, 0.717) is 4.60 Å². The molecule has 12 heavy (non-hydrogen) atoms. The zero-order valence-electron chi connectivity index (χ0n) is 5.80. The highest BCUT2D eigenvalue weighted by atomic mass is 79.9. The highest BCUT2D eigenvalue weighted by Crippen LogP contribution is 2.11. The Hall–Kier alpha value is -1.30. The second-order valence-electron chi connectivity index (χ2n) is 2.07. The van der Waals surface area contributed by atoms with E-state index in [-0.39, 0.29) is 5.69 Å². The molecule has 5 nitrogen and oxygen atoms in total. The van der Waals surface area contributed by atoms with Crippen molar-refractivity contribution in [3.8, 4) is 5.75 Å². The van der Waals surface area contributed by atoms with E-state index < -0.39 is 17.1 Å². The smallest absolute Gasteiger partial charge is 0.269 e. The first-order valence-electron chi connectivity index (χ1n) is 2.94. The first-order chi connectivity index (χ1) is 5.52. The molecule has 0 saturated heterocycles. The number of primary amides is 1. The van der Waals surface area contributed by atoms with Gasteiger partial charge in [0.05, 0.1) is 4.60 Å². The summed E-state index contributed by atoms with van der Waals surface area (Å²) in [4.78, 5) is 23.9. The van der Waals surface area contributed by atoms with Crippen LogP contribution in [-0.4, -0.2) is 16.0 Å². The molecule has 0 aliphatic heterocycles. The third kappa shape index (κ3) is 1.48. The van der Waals surface area contributed by atoms with Gasteiger partial charge in [0.2, 0.25) is 5.43 Å². The summed E-state index contributed by atoms with van der Waals surface area (Å²) in [5, 5.41) is 9.03. The number of nitrogens with one attached hydrogen (secondary N) is 1. The molecular weight excluding hydrogens is 228 g/mol. The molecular formula is C6H5BrN2O3. The van der Waals surface area contributed by atoms with Crippen molar-refractivity contribution in [2.45, 2.75) is 0 Å². The van der Waals surface area contributed by atoms with E-state index in [9.17, 15) is 9.59 Å². The van der Waals surface area contributed by atoms with Gasteiger partial charge in [-0.2, -0.15) is 0 Å². The molecule has 0 unspecified atom stereocenters. The molecule has 0 atom stereocenters. The summed E-state index contributed by atoms with van der Waals surface area (Å²) < 4.78 is 0.291. The van der Waals surface area contributed by atoms with Gasteiger partial charge in [0, 0.05) is 6.07 Å². The summed E-state index contributed by atoms with van der Waals surface area (Å²) in [6, 6.07) is 1.10. The van der Waals surface area contributed by atoms with Crippen LogP contribution in [0.3, 0.4) is 0 Å². The van der Waals surface area contributed by atoms with Crippen molar-refractivity contribution in [1.82, 2.24) is 4.98 Å². The molecule has 1 amide bonds. The Bertz CT molecular complexity index is 385. The number of hydrogen-bond donors (Lipinski definition) is 3. The molecule has 6 heteroatoms. The number of nitrogens with two attached hydrogens (primary N) is 1. The van der Waals surface area contributed by atoms with Crippen LogP contribution in [0.4, 0.5) is 0 Å². The Morgan fingerprint density at radius 3 is 2.75 bits per heavy atom. The van der Waals surface area contributed by atoms with Gasteiger partial charge in [0.1, 0.15) is 0 Å². The number of aromatic nitrogens is 1. The number of carbonyl (C=O) groups is 1. The van der Waals surface area contributed by atoms with Crippen LogP contribution in [0.25, 0.3) is 0 Å². The predicted octanol–water partition coefficient (Wildman–Crippen LogP) is -0.0581. The highest BCUT2D eigenvalue weighted by Gasteiger charge is 2.11. The topological polar surface area (TPSA) is 96.2 Å². The van der Waals surface area contributed by atoms with Crippen molar-refractivity contribution in [3.63, 3.8) is 0 Å². The molecule has 1 heterocycles. The molecule has 0 aromatic carbocycles. The van der Waals surface area contributed by atoms with Gasteiger partial charge in [0.25, 0.3) is 5.91 Å². The number of carbonyl (C=O) groups excluding carboxylic acids is 1. The van der Waals surface area contributed by atoms with Crippen LogP contribution in [0.5, 0.6) is 5.75 Å². The number of rotatable bonds is 1. The second kappa shape index (κ2) is 2.98. The molecule has 64 valence electrons. The molecule has 0 aliphatic carbocycles. The number of aromatic amines is 1. The second-order valence-corrected chi connectivity index (χ2v) is 2.92. The van der Waals surface area contributed by atoms with E-state index >= 15 is 0 Å². The van der Waals surface area contributed by atoms with Crippen LogP contribution in [0.15, 0.2) is 15.5 Å². The standard InChI is InChI=1S/C6H5BrN2O3/c7-3-1-2(10)5(11)4(9-3)6(8)12/h1,11H,(H2,8,12)(H,9,10). The fraction of sp³-hybridized carbons (Fsp3) is 0. The molecule has 0 bridgehead atoms. The van der Waals surface area contributed by atoms with Crippen molar-refractivity contribution in [2.24, 2.45) is 5.73 Å². The monoisotopic (exact) mass is 232 g/mol. The van der Waals surface area contributed by atoms with E-state index in [4.69, 9.17) is 10.8 Å². The number of halogens is 1. The number of H-pyrrole nitrogens is 1. The molecule has 1 aromatic heterocycles. The molecule has 1 rings (SSSR count). The normalized spacial score (nSPS) is 9.75. The summed E-state index contributed by atoms with van der Waals surface area (Å²) in [7, 11) is 0. The van der Waals surface area contributed by atoms with Crippen molar-refractivity contribution in [1.29, 1.82) is 0 Å². The van der Waals surface area contributed by atoms with Gasteiger partial charge in [-0.05, 0) is 15.9 Å². The lowest BCUT2D eigenvalue weighted by Gasteiger charge is -1.99. The fourth-order valence-electron chi connectivity index (χ4n) is 0.700. The minimum absolute atomic E-state index is 0.291. The molecule has 4 N–H and O–H groups in total. The van der Waals surface area contributed by atoms with E-state index in [2.05, 4.69) is 20.9 Å². The summed E-state index contributed by atoms with van der Waals surface area (Å²) in [6.45, 7) is 0. The average molecular weight is 233 g/mol. The SMILES string of the molecule is NC(=O)c1[nH]c(Br)cc(=O)c1O. The van der Waals surface area contributed by atoms with Crippen LogP contribution in [0.1, 0.15) is 10.5 Å². The third-order valence-electron chi connectivity index (χ3n) is 1.22. The van der Waals surface area contributed by atoms with Gasteiger partial charge >= 0.3 is 0 Å². The Morgan fingerprint density at radius 2 is 2.25 bits per heavy atom.